The third kappa shape index (κ3) is 2.08. The van der Waals surface area contributed by atoms with E-state index in [1.54, 1.807) is 5.38 Å². The summed E-state index contributed by atoms with van der Waals surface area (Å²) in [6.07, 6.45) is -0.175. The van der Waals surface area contributed by atoms with Crippen LogP contribution in [0.2, 0.25) is 5.02 Å². The number of halogens is 2. The van der Waals surface area contributed by atoms with Crippen molar-refractivity contribution in [3.05, 3.63) is 27.8 Å². The van der Waals surface area contributed by atoms with E-state index < -0.39 is 11.8 Å². The van der Waals surface area contributed by atoms with Crippen LogP contribution in [0.4, 0.5) is 4.39 Å². The van der Waals surface area contributed by atoms with Gasteiger partial charge in [0.25, 0.3) is 0 Å². The molecule has 3 nitrogen and oxygen atoms in total. The molecule has 0 saturated heterocycles. The Labute approximate surface area is 105 Å². The zero-order chi connectivity index (χ0) is 12.6. The van der Waals surface area contributed by atoms with Crippen molar-refractivity contribution < 1.29 is 19.0 Å². The van der Waals surface area contributed by atoms with E-state index in [0.29, 0.717) is 20.7 Å². The van der Waals surface area contributed by atoms with Crippen molar-refractivity contribution in [1.82, 2.24) is 0 Å². The summed E-state index contributed by atoms with van der Waals surface area (Å²) in [7, 11) is 1.35. The molecule has 0 spiro atoms. The maximum absolute atomic E-state index is 13.9. The van der Waals surface area contributed by atoms with E-state index >= 15 is 0 Å². The van der Waals surface area contributed by atoms with Crippen LogP contribution in [0.5, 0.6) is 5.75 Å². The highest BCUT2D eigenvalue weighted by Crippen LogP contribution is 2.38. The molecule has 0 saturated carbocycles. The Morgan fingerprint density at radius 1 is 1.65 bits per heavy atom. The maximum atomic E-state index is 13.9. The van der Waals surface area contributed by atoms with E-state index in [2.05, 4.69) is 0 Å². The molecule has 0 unspecified atom stereocenters. The van der Waals surface area contributed by atoms with Gasteiger partial charge in [-0.25, -0.2) is 4.39 Å². The van der Waals surface area contributed by atoms with E-state index in [-0.39, 0.29) is 12.2 Å². The Bertz CT molecular complexity index is 594. The lowest BCUT2D eigenvalue weighted by Crippen LogP contribution is -1.99. The first-order valence-electron chi connectivity index (χ1n) is 4.68. The third-order valence-electron chi connectivity index (χ3n) is 2.34. The number of ether oxygens (including phenoxy) is 1. The van der Waals surface area contributed by atoms with E-state index in [0.717, 1.165) is 11.3 Å². The molecule has 0 bridgehead atoms. The molecule has 90 valence electrons. The van der Waals surface area contributed by atoms with Gasteiger partial charge in [-0.15, -0.1) is 11.3 Å². The first-order chi connectivity index (χ1) is 8.04. The molecule has 0 aliphatic carbocycles. The quantitative estimate of drug-likeness (QED) is 0.934. The average Bonchev–Trinajstić information content (AvgIpc) is 2.67. The molecule has 0 fully saturated rings. The molecule has 0 atom stereocenters. The summed E-state index contributed by atoms with van der Waals surface area (Å²) >= 11 is 7.13. The molecule has 17 heavy (non-hydrogen) atoms. The average molecular weight is 275 g/mol. The molecular formula is C11H8ClFO3S. The Hall–Kier alpha value is -1.33. The van der Waals surface area contributed by atoms with Gasteiger partial charge >= 0.3 is 5.97 Å². The topological polar surface area (TPSA) is 46.5 Å². The van der Waals surface area contributed by atoms with Gasteiger partial charge in [0.2, 0.25) is 0 Å². The third-order valence-corrected chi connectivity index (χ3v) is 3.66. The number of benzene rings is 1. The van der Waals surface area contributed by atoms with Gasteiger partial charge in [-0.3, -0.25) is 4.79 Å². The monoisotopic (exact) mass is 274 g/mol. The molecule has 2 rings (SSSR count). The number of fused-ring (bicyclic) bond motifs is 1. The smallest absolute Gasteiger partial charge is 0.307 e. The predicted octanol–water partition coefficient (Wildman–Crippen LogP) is 3.33. The fourth-order valence-electron chi connectivity index (χ4n) is 1.62. The minimum atomic E-state index is -0.975. The van der Waals surface area contributed by atoms with E-state index in [9.17, 15) is 9.18 Å². The number of methoxy groups -OCH3 is 1. The fourth-order valence-corrected chi connectivity index (χ4v) is 3.02. The van der Waals surface area contributed by atoms with Crippen LogP contribution in [0.1, 0.15) is 5.56 Å². The van der Waals surface area contributed by atoms with Gasteiger partial charge in [0.05, 0.1) is 23.3 Å². The molecular weight excluding hydrogens is 267 g/mol. The fraction of sp³-hybridized carbons (Fsp3) is 0.182. The molecule has 1 heterocycles. The largest absolute Gasteiger partial charge is 0.494 e. The van der Waals surface area contributed by atoms with Crippen LogP contribution < -0.4 is 4.74 Å². The Kier molecular flexibility index (Phi) is 3.22. The van der Waals surface area contributed by atoms with Gasteiger partial charge in [0.1, 0.15) is 0 Å². The summed E-state index contributed by atoms with van der Waals surface area (Å²) in [4.78, 5) is 10.7. The van der Waals surface area contributed by atoms with Gasteiger partial charge in [-0.2, -0.15) is 0 Å². The lowest BCUT2D eigenvalue weighted by Gasteiger charge is -2.05. The Morgan fingerprint density at radius 3 is 2.94 bits per heavy atom. The van der Waals surface area contributed by atoms with Crippen molar-refractivity contribution in [1.29, 1.82) is 0 Å². The van der Waals surface area contributed by atoms with E-state index in [4.69, 9.17) is 21.4 Å². The van der Waals surface area contributed by atoms with Crippen molar-refractivity contribution in [2.75, 3.05) is 7.11 Å². The molecule has 0 aliphatic rings. The standard InChI is InChI=1S/C11H8ClFO3S/c1-16-7-3-6(12)9-5(2-8(14)15)4-17-11(9)10(7)13/h3-4H,2H2,1H3,(H,14,15). The van der Waals surface area contributed by atoms with E-state index in [1.807, 2.05) is 0 Å². The first kappa shape index (κ1) is 12.1. The van der Waals surface area contributed by atoms with Gasteiger partial charge in [0.15, 0.2) is 11.6 Å². The molecule has 1 aromatic heterocycles. The number of hydrogen-bond acceptors (Lipinski definition) is 3. The summed E-state index contributed by atoms with van der Waals surface area (Å²) in [6, 6.07) is 1.36. The van der Waals surface area contributed by atoms with Crippen LogP contribution in [0.25, 0.3) is 10.1 Å². The second kappa shape index (κ2) is 4.50. The number of thiophene rings is 1. The summed E-state index contributed by atoms with van der Waals surface area (Å²) in [5.74, 6) is -1.42. The number of hydrogen-bond donors (Lipinski definition) is 1. The van der Waals surface area contributed by atoms with Crippen LogP contribution in [0, 0.1) is 5.82 Å². The second-order valence-corrected chi connectivity index (χ2v) is 4.70. The van der Waals surface area contributed by atoms with Crippen LogP contribution in [0.15, 0.2) is 11.4 Å². The van der Waals surface area contributed by atoms with Crippen LogP contribution in [-0.4, -0.2) is 18.2 Å². The maximum Gasteiger partial charge on any atom is 0.307 e. The number of carbonyl (C=O) groups is 1. The lowest BCUT2D eigenvalue weighted by molar-refractivity contribution is -0.136. The van der Waals surface area contributed by atoms with Crippen LogP contribution in [-0.2, 0) is 11.2 Å². The van der Waals surface area contributed by atoms with Crippen molar-refractivity contribution in [2.45, 2.75) is 6.42 Å². The van der Waals surface area contributed by atoms with E-state index in [1.165, 1.54) is 13.2 Å². The molecule has 6 heteroatoms. The minimum Gasteiger partial charge on any atom is -0.494 e. The van der Waals surface area contributed by atoms with Crippen molar-refractivity contribution in [2.24, 2.45) is 0 Å². The summed E-state index contributed by atoms with van der Waals surface area (Å²) < 4.78 is 19.1. The van der Waals surface area contributed by atoms with Gasteiger partial charge in [-0.05, 0) is 10.9 Å². The summed E-state index contributed by atoms with van der Waals surface area (Å²) in [5, 5.41) is 11.1. The van der Waals surface area contributed by atoms with Gasteiger partial charge < -0.3 is 9.84 Å². The minimum absolute atomic E-state index is 0.0613. The SMILES string of the molecule is COc1cc(Cl)c2c(CC(=O)O)csc2c1F. The Balaban J connectivity index is 2.69. The molecule has 2 aromatic rings. The Morgan fingerprint density at radius 2 is 2.35 bits per heavy atom. The predicted molar refractivity (Wildman–Crippen MR) is 64.7 cm³/mol. The number of aliphatic carboxylic acids is 1. The highest BCUT2D eigenvalue weighted by atomic mass is 35.5. The first-order valence-corrected chi connectivity index (χ1v) is 5.94. The van der Waals surface area contributed by atoms with Crippen molar-refractivity contribution in [3.63, 3.8) is 0 Å². The van der Waals surface area contributed by atoms with Crippen LogP contribution >= 0.6 is 22.9 Å². The number of carboxylic acid groups (broad SMARTS) is 1. The molecule has 0 radical (unpaired) electrons. The second-order valence-electron chi connectivity index (χ2n) is 3.41. The van der Waals surface area contributed by atoms with Crippen molar-refractivity contribution in [3.8, 4) is 5.75 Å². The van der Waals surface area contributed by atoms with Gasteiger partial charge in [0, 0.05) is 11.5 Å². The zero-order valence-corrected chi connectivity index (χ0v) is 10.4. The zero-order valence-electron chi connectivity index (χ0n) is 8.79. The van der Waals surface area contributed by atoms with Crippen LogP contribution in [0.3, 0.4) is 0 Å². The molecule has 1 aromatic carbocycles. The number of rotatable bonds is 3. The highest BCUT2D eigenvalue weighted by Gasteiger charge is 2.17. The lowest BCUT2D eigenvalue weighted by atomic mass is 10.1. The normalized spacial score (nSPS) is 10.8. The molecule has 0 aliphatic heterocycles. The summed E-state index contributed by atoms with van der Waals surface area (Å²) in [5.41, 5.74) is 0.518. The highest BCUT2D eigenvalue weighted by molar-refractivity contribution is 7.17. The van der Waals surface area contributed by atoms with Crippen molar-refractivity contribution >= 4 is 39.0 Å². The number of carboxylic acids is 1. The van der Waals surface area contributed by atoms with Gasteiger partial charge in [-0.1, -0.05) is 11.6 Å². The summed E-state index contributed by atoms with van der Waals surface area (Å²) in [6.45, 7) is 0. The molecule has 0 amide bonds. The molecule has 1 N–H and O–H groups in total.